The second-order valence-corrected chi connectivity index (χ2v) is 18.3. The Kier molecular flexibility index (Phi) is 44.3. The third kappa shape index (κ3) is 46.0. The minimum absolute atomic E-state index is 0.888. The summed E-state index contributed by atoms with van der Waals surface area (Å²) in [5.74, 6) is 1.78. The van der Waals surface area contributed by atoms with Gasteiger partial charge in [-0.05, 0) is 50.7 Å². The maximum absolute atomic E-state index is 2.88. The quantitative estimate of drug-likeness (QED) is 0.0567. The van der Waals surface area contributed by atoms with E-state index in [0.717, 1.165) is 11.8 Å². The molecular weight excluding hydrogens is 615 g/mol. The van der Waals surface area contributed by atoms with E-state index in [1.807, 2.05) is 0 Å². The monoisotopic (exact) mass is 718 g/mol. The molecule has 0 rings (SSSR count). The Morgan fingerprint density at radius 2 is 0.412 bits per heavy atom. The lowest BCUT2D eigenvalue weighted by molar-refractivity contribution is 0.254. The first-order valence-corrected chi connectivity index (χ1v) is 24.8. The van der Waals surface area contributed by atoms with Gasteiger partial charge in [-0.15, -0.1) is 0 Å². The third-order valence-electron chi connectivity index (χ3n) is 11.8. The van der Waals surface area contributed by atoms with Gasteiger partial charge in [-0.3, -0.25) is 0 Å². The van der Waals surface area contributed by atoms with Crippen molar-refractivity contribution in [3.05, 3.63) is 0 Å². The minimum Gasteiger partial charge on any atom is -0.303 e. The normalized spacial score (nSPS) is 12.0. The van der Waals surface area contributed by atoms with E-state index in [2.05, 4.69) is 39.5 Å². The van der Waals surface area contributed by atoms with Crippen molar-refractivity contribution in [1.82, 2.24) is 4.90 Å². The van der Waals surface area contributed by atoms with Crippen LogP contribution in [-0.2, 0) is 0 Å². The lowest BCUT2D eigenvalue weighted by atomic mass is 10.0. The van der Waals surface area contributed by atoms with Crippen LogP contribution in [0.5, 0.6) is 0 Å². The molecule has 1 nitrogen and oxygen atoms in total. The van der Waals surface area contributed by atoms with E-state index < -0.39 is 0 Å². The largest absolute Gasteiger partial charge is 0.303 e. The van der Waals surface area contributed by atoms with Crippen LogP contribution in [-0.4, -0.2) is 24.5 Å². The van der Waals surface area contributed by atoms with E-state index in [1.165, 1.54) is 276 Å². The Labute approximate surface area is 326 Å². The molecule has 0 aromatic heterocycles. The van der Waals surface area contributed by atoms with Gasteiger partial charge < -0.3 is 4.90 Å². The second-order valence-electron chi connectivity index (χ2n) is 18.3. The van der Waals surface area contributed by atoms with Crippen molar-refractivity contribution in [3.8, 4) is 0 Å². The Hall–Kier alpha value is -0.0400. The zero-order chi connectivity index (χ0) is 37.1. The lowest BCUT2D eigenvalue weighted by Gasteiger charge is -2.22. The number of hydrogen-bond donors (Lipinski definition) is 0. The van der Waals surface area contributed by atoms with Crippen molar-refractivity contribution in [2.45, 2.75) is 291 Å². The number of unbranched alkanes of at least 4 members (excludes halogenated alkanes) is 35. The fourth-order valence-electron chi connectivity index (χ4n) is 8.18. The first kappa shape index (κ1) is 51.0. The first-order valence-electron chi connectivity index (χ1n) is 24.8. The highest BCUT2D eigenvalue weighted by molar-refractivity contribution is 4.61. The van der Waals surface area contributed by atoms with E-state index in [1.54, 1.807) is 0 Å². The average molecular weight is 718 g/mol. The van der Waals surface area contributed by atoms with Gasteiger partial charge in [-0.1, -0.05) is 272 Å². The van der Waals surface area contributed by atoms with Gasteiger partial charge in [-0.25, -0.2) is 0 Å². The van der Waals surface area contributed by atoms with E-state index in [0.29, 0.717) is 0 Å². The Bertz CT molecular complexity index is 562. The van der Waals surface area contributed by atoms with Gasteiger partial charge >= 0.3 is 0 Å². The second kappa shape index (κ2) is 44.4. The van der Waals surface area contributed by atoms with Gasteiger partial charge in [0.15, 0.2) is 0 Å². The summed E-state index contributed by atoms with van der Waals surface area (Å²) < 4.78 is 0. The molecule has 0 aliphatic carbocycles. The zero-order valence-electron chi connectivity index (χ0n) is 37.0. The van der Waals surface area contributed by atoms with Crippen LogP contribution >= 0.6 is 0 Å². The molecule has 0 spiro atoms. The molecule has 0 unspecified atom stereocenters. The molecule has 0 bridgehead atoms. The zero-order valence-corrected chi connectivity index (χ0v) is 37.0. The minimum atomic E-state index is 0.888. The highest BCUT2D eigenvalue weighted by Gasteiger charge is 2.06. The maximum atomic E-state index is 2.88. The first-order chi connectivity index (χ1) is 25.1. The summed E-state index contributed by atoms with van der Waals surface area (Å²) in [6, 6.07) is 0. The summed E-state index contributed by atoms with van der Waals surface area (Å²) in [4.78, 5) is 2.88. The van der Waals surface area contributed by atoms with Gasteiger partial charge in [0.05, 0.1) is 0 Å². The van der Waals surface area contributed by atoms with Crippen molar-refractivity contribution >= 4 is 0 Å². The molecule has 0 N–H and O–H groups in total. The summed E-state index contributed by atoms with van der Waals surface area (Å²) in [6.07, 6.45) is 58.6. The molecule has 0 heterocycles. The van der Waals surface area contributed by atoms with Crippen molar-refractivity contribution in [2.75, 3.05) is 19.6 Å². The Balaban J connectivity index is 3.94. The van der Waals surface area contributed by atoms with Gasteiger partial charge in [0.1, 0.15) is 0 Å². The van der Waals surface area contributed by atoms with Crippen molar-refractivity contribution in [1.29, 1.82) is 0 Å². The molecule has 51 heavy (non-hydrogen) atoms. The molecule has 0 aliphatic heterocycles. The van der Waals surface area contributed by atoms with Crippen LogP contribution in [0.15, 0.2) is 0 Å². The summed E-state index contributed by atoms with van der Waals surface area (Å²) >= 11 is 0. The molecule has 1 heteroatoms. The fraction of sp³-hybridized carbons (Fsp3) is 1.00. The summed E-state index contributed by atoms with van der Waals surface area (Å²) in [7, 11) is 0. The molecule has 0 saturated heterocycles. The molecule has 0 aliphatic rings. The third-order valence-corrected chi connectivity index (χ3v) is 11.8. The summed E-state index contributed by atoms with van der Waals surface area (Å²) in [5, 5.41) is 0. The van der Waals surface area contributed by atoms with Crippen LogP contribution in [0.3, 0.4) is 0 Å². The number of hydrogen-bond acceptors (Lipinski definition) is 1. The summed E-state index contributed by atoms with van der Waals surface area (Å²) in [5.41, 5.74) is 0. The topological polar surface area (TPSA) is 3.24 Å². The highest BCUT2D eigenvalue weighted by atomic mass is 15.1. The van der Waals surface area contributed by atoms with E-state index in [4.69, 9.17) is 0 Å². The Morgan fingerprint density at radius 3 is 0.608 bits per heavy atom. The van der Waals surface area contributed by atoms with Gasteiger partial charge in [-0.2, -0.15) is 0 Å². The van der Waals surface area contributed by atoms with Crippen molar-refractivity contribution < 1.29 is 0 Å². The SMILES string of the molecule is CCCCCCCCCCCCCCCCCCN(CCCCCCCCCCCCCC(C)C)CCCCCCCCCCCCCC(C)C. The molecular formula is C50H103N. The van der Waals surface area contributed by atoms with Gasteiger partial charge in [0.2, 0.25) is 0 Å². The van der Waals surface area contributed by atoms with Gasteiger partial charge in [0, 0.05) is 0 Å². The predicted octanol–water partition coefficient (Wildman–Crippen LogP) is 18.2. The average Bonchev–Trinajstić information content (AvgIpc) is 3.11. The molecule has 0 aromatic rings. The van der Waals surface area contributed by atoms with E-state index in [-0.39, 0.29) is 0 Å². The van der Waals surface area contributed by atoms with Crippen LogP contribution in [0.1, 0.15) is 291 Å². The standard InChI is InChI=1S/C50H103N/c1-6-7-8-9-10-11-12-13-14-15-16-21-26-31-36-41-46-51(47-42-37-32-27-22-17-19-24-29-34-39-44-49(2)3)48-43-38-33-28-23-18-20-25-30-35-40-45-50(4)5/h49-50H,6-48H2,1-5H3. The lowest BCUT2D eigenvalue weighted by Crippen LogP contribution is -2.27. The van der Waals surface area contributed by atoms with Crippen LogP contribution < -0.4 is 0 Å². The Morgan fingerprint density at radius 1 is 0.235 bits per heavy atom. The van der Waals surface area contributed by atoms with Crippen LogP contribution in [0, 0.1) is 11.8 Å². The highest BCUT2D eigenvalue weighted by Crippen LogP contribution is 2.17. The fourth-order valence-corrected chi connectivity index (χ4v) is 8.18. The smallest absolute Gasteiger partial charge is 0.00187 e. The molecule has 0 aromatic carbocycles. The molecule has 0 fully saturated rings. The van der Waals surface area contributed by atoms with E-state index in [9.17, 15) is 0 Å². The summed E-state index contributed by atoms with van der Waals surface area (Å²) in [6.45, 7) is 15.9. The van der Waals surface area contributed by atoms with Crippen molar-refractivity contribution in [2.24, 2.45) is 11.8 Å². The molecule has 308 valence electrons. The number of nitrogens with zero attached hydrogens (tertiary/aromatic N) is 1. The van der Waals surface area contributed by atoms with Crippen LogP contribution in [0.2, 0.25) is 0 Å². The molecule has 0 radical (unpaired) electrons. The van der Waals surface area contributed by atoms with E-state index >= 15 is 0 Å². The van der Waals surface area contributed by atoms with Gasteiger partial charge in [0.25, 0.3) is 0 Å². The maximum Gasteiger partial charge on any atom is -0.00187 e. The molecule has 0 amide bonds. The predicted molar refractivity (Wildman–Crippen MR) is 236 cm³/mol. The number of rotatable bonds is 45. The van der Waals surface area contributed by atoms with Crippen LogP contribution in [0.4, 0.5) is 0 Å². The van der Waals surface area contributed by atoms with Crippen molar-refractivity contribution in [3.63, 3.8) is 0 Å². The molecule has 0 atom stereocenters. The molecule has 0 saturated carbocycles. The van der Waals surface area contributed by atoms with Crippen LogP contribution in [0.25, 0.3) is 0 Å².